The fraction of sp³-hybridized carbons (Fsp3) is 0.333. The molecular weight excluding hydrogens is 304 g/mol. The van der Waals surface area contributed by atoms with Gasteiger partial charge in [0, 0.05) is 28.0 Å². The fourth-order valence-corrected chi connectivity index (χ4v) is 2.71. The molecule has 0 saturated heterocycles. The minimum atomic E-state index is -0.0424. The van der Waals surface area contributed by atoms with Crippen molar-refractivity contribution in [1.29, 1.82) is 0 Å². The maximum atomic E-state index is 12.3. The molecule has 2 atom stereocenters. The van der Waals surface area contributed by atoms with Crippen molar-refractivity contribution in [2.75, 3.05) is 0 Å². The number of rotatable bonds is 4. The summed E-state index contributed by atoms with van der Waals surface area (Å²) in [5, 5.41) is 3.91. The zero-order valence-electron chi connectivity index (χ0n) is 11.1. The highest BCUT2D eigenvalue weighted by molar-refractivity contribution is 9.09. The molecule has 3 nitrogen and oxygen atoms in total. The third-order valence-electron chi connectivity index (χ3n) is 2.95. The van der Waals surface area contributed by atoms with Crippen LogP contribution in [-0.2, 0) is 0 Å². The Morgan fingerprint density at radius 2 is 2.11 bits per heavy atom. The van der Waals surface area contributed by atoms with Crippen molar-refractivity contribution in [1.82, 2.24) is 10.3 Å². The number of hydrogen-bond donors (Lipinski definition) is 1. The predicted molar refractivity (Wildman–Crippen MR) is 81.7 cm³/mol. The van der Waals surface area contributed by atoms with Crippen molar-refractivity contribution in [3.05, 3.63) is 42.1 Å². The lowest BCUT2D eigenvalue weighted by atomic mass is 10.1. The zero-order valence-corrected chi connectivity index (χ0v) is 12.6. The van der Waals surface area contributed by atoms with Gasteiger partial charge in [-0.05, 0) is 31.5 Å². The Balaban J connectivity index is 2.22. The first-order valence-corrected chi connectivity index (χ1v) is 7.28. The van der Waals surface area contributed by atoms with Crippen LogP contribution >= 0.6 is 15.9 Å². The molecule has 0 bridgehead atoms. The van der Waals surface area contributed by atoms with Crippen LogP contribution in [0.5, 0.6) is 0 Å². The van der Waals surface area contributed by atoms with Crippen LogP contribution in [0.4, 0.5) is 0 Å². The Kier molecular flexibility index (Phi) is 4.53. The molecule has 0 fully saturated rings. The summed E-state index contributed by atoms with van der Waals surface area (Å²) in [5.74, 6) is -0.0424. The number of pyridine rings is 1. The van der Waals surface area contributed by atoms with Gasteiger partial charge >= 0.3 is 0 Å². The molecule has 100 valence electrons. The average molecular weight is 321 g/mol. The highest BCUT2D eigenvalue weighted by Gasteiger charge is 2.13. The standard InChI is InChI=1S/C15H17BrN2O/c1-10(16)9-11(2)18-15(19)13-5-3-7-14-12(13)6-4-8-17-14/h3-8,10-11H,9H2,1-2H3,(H,18,19). The third kappa shape index (κ3) is 3.53. The second-order valence-corrected chi connectivity index (χ2v) is 6.33. The van der Waals surface area contributed by atoms with E-state index >= 15 is 0 Å². The van der Waals surface area contributed by atoms with E-state index in [-0.39, 0.29) is 11.9 Å². The summed E-state index contributed by atoms with van der Waals surface area (Å²) in [4.78, 5) is 16.9. The number of alkyl halides is 1. The van der Waals surface area contributed by atoms with Gasteiger partial charge in [-0.25, -0.2) is 0 Å². The number of hydrogen-bond acceptors (Lipinski definition) is 2. The summed E-state index contributed by atoms with van der Waals surface area (Å²) in [6, 6.07) is 9.52. The molecule has 1 heterocycles. The first kappa shape index (κ1) is 14.0. The largest absolute Gasteiger partial charge is 0.350 e. The van der Waals surface area contributed by atoms with Crippen LogP contribution in [0, 0.1) is 0 Å². The van der Waals surface area contributed by atoms with Crippen LogP contribution in [0.2, 0.25) is 0 Å². The number of benzene rings is 1. The Hall–Kier alpha value is -1.42. The van der Waals surface area contributed by atoms with E-state index in [0.717, 1.165) is 17.3 Å². The Morgan fingerprint density at radius 3 is 2.84 bits per heavy atom. The summed E-state index contributed by atoms with van der Waals surface area (Å²) >= 11 is 3.50. The van der Waals surface area contributed by atoms with E-state index in [1.165, 1.54) is 0 Å². The Morgan fingerprint density at radius 1 is 1.32 bits per heavy atom. The van der Waals surface area contributed by atoms with Gasteiger partial charge in [0.25, 0.3) is 5.91 Å². The molecule has 0 aliphatic heterocycles. The van der Waals surface area contributed by atoms with Crippen molar-refractivity contribution in [3.8, 4) is 0 Å². The molecule has 1 amide bonds. The molecule has 0 saturated carbocycles. The lowest BCUT2D eigenvalue weighted by Gasteiger charge is -2.15. The zero-order chi connectivity index (χ0) is 13.8. The monoisotopic (exact) mass is 320 g/mol. The first-order chi connectivity index (χ1) is 9.08. The van der Waals surface area contributed by atoms with Crippen LogP contribution in [0.25, 0.3) is 10.9 Å². The summed E-state index contributed by atoms with van der Waals surface area (Å²) in [5.41, 5.74) is 1.52. The molecule has 19 heavy (non-hydrogen) atoms. The minimum Gasteiger partial charge on any atom is -0.350 e. The molecule has 1 aromatic carbocycles. The van der Waals surface area contributed by atoms with Gasteiger partial charge in [0.2, 0.25) is 0 Å². The van der Waals surface area contributed by atoms with Gasteiger partial charge in [-0.15, -0.1) is 0 Å². The minimum absolute atomic E-state index is 0.0424. The number of carbonyl (C=O) groups excluding carboxylic acids is 1. The molecule has 1 aromatic heterocycles. The predicted octanol–water partition coefficient (Wildman–Crippen LogP) is 3.53. The quantitative estimate of drug-likeness (QED) is 0.876. The van der Waals surface area contributed by atoms with Gasteiger partial charge < -0.3 is 5.32 Å². The normalized spacial score (nSPS) is 14.1. The first-order valence-electron chi connectivity index (χ1n) is 6.36. The summed E-state index contributed by atoms with van der Waals surface area (Å²) in [6.45, 7) is 4.09. The summed E-state index contributed by atoms with van der Waals surface area (Å²) < 4.78 is 0. The molecule has 2 aromatic rings. The molecule has 0 aliphatic carbocycles. The van der Waals surface area contributed by atoms with Crippen LogP contribution < -0.4 is 5.32 Å². The van der Waals surface area contributed by atoms with Gasteiger partial charge in [-0.2, -0.15) is 0 Å². The van der Waals surface area contributed by atoms with Crippen molar-refractivity contribution in [2.45, 2.75) is 31.1 Å². The third-order valence-corrected chi connectivity index (χ3v) is 3.32. The molecule has 2 rings (SSSR count). The van der Waals surface area contributed by atoms with E-state index in [2.05, 4.69) is 33.2 Å². The van der Waals surface area contributed by atoms with Crippen LogP contribution in [-0.4, -0.2) is 21.8 Å². The van der Waals surface area contributed by atoms with Crippen molar-refractivity contribution in [2.24, 2.45) is 0 Å². The molecule has 0 radical (unpaired) electrons. The molecule has 1 N–H and O–H groups in total. The van der Waals surface area contributed by atoms with Crippen LogP contribution in [0.3, 0.4) is 0 Å². The van der Waals surface area contributed by atoms with Gasteiger partial charge in [-0.3, -0.25) is 9.78 Å². The second kappa shape index (κ2) is 6.15. The topological polar surface area (TPSA) is 42.0 Å². The van der Waals surface area contributed by atoms with E-state index in [0.29, 0.717) is 10.4 Å². The smallest absolute Gasteiger partial charge is 0.252 e. The van der Waals surface area contributed by atoms with E-state index < -0.39 is 0 Å². The SMILES string of the molecule is CC(Br)CC(C)NC(=O)c1cccc2ncccc12. The van der Waals surface area contributed by atoms with Gasteiger partial charge in [-0.1, -0.05) is 35.0 Å². The van der Waals surface area contributed by atoms with Crippen molar-refractivity contribution >= 4 is 32.7 Å². The van der Waals surface area contributed by atoms with Crippen molar-refractivity contribution in [3.63, 3.8) is 0 Å². The number of carbonyl (C=O) groups is 1. The van der Waals surface area contributed by atoms with E-state index in [4.69, 9.17) is 0 Å². The average Bonchev–Trinajstić information content (AvgIpc) is 2.36. The summed E-state index contributed by atoms with van der Waals surface area (Å²) in [7, 11) is 0. The lowest BCUT2D eigenvalue weighted by molar-refractivity contribution is 0.0940. The molecular formula is C15H17BrN2O. The number of nitrogens with zero attached hydrogens (tertiary/aromatic N) is 1. The highest BCUT2D eigenvalue weighted by atomic mass is 79.9. The molecule has 4 heteroatoms. The van der Waals surface area contributed by atoms with Gasteiger partial charge in [0.05, 0.1) is 5.52 Å². The highest BCUT2D eigenvalue weighted by Crippen LogP contribution is 2.17. The number of fused-ring (bicyclic) bond motifs is 1. The second-order valence-electron chi connectivity index (χ2n) is 4.77. The Bertz CT molecular complexity index is 578. The number of amides is 1. The van der Waals surface area contributed by atoms with E-state index in [1.807, 2.05) is 37.3 Å². The van der Waals surface area contributed by atoms with Gasteiger partial charge in [0.1, 0.15) is 0 Å². The van der Waals surface area contributed by atoms with Gasteiger partial charge in [0.15, 0.2) is 0 Å². The van der Waals surface area contributed by atoms with Crippen LogP contribution in [0.15, 0.2) is 36.5 Å². The molecule has 0 spiro atoms. The maximum Gasteiger partial charge on any atom is 0.252 e. The number of nitrogens with one attached hydrogen (secondary N) is 1. The van der Waals surface area contributed by atoms with E-state index in [9.17, 15) is 4.79 Å². The Labute approximate surface area is 121 Å². The number of halogens is 1. The molecule has 0 aliphatic rings. The molecule has 2 unspecified atom stereocenters. The fourth-order valence-electron chi connectivity index (χ4n) is 2.15. The maximum absolute atomic E-state index is 12.3. The van der Waals surface area contributed by atoms with Crippen LogP contribution in [0.1, 0.15) is 30.6 Å². The number of aromatic nitrogens is 1. The summed E-state index contributed by atoms with van der Waals surface area (Å²) in [6.07, 6.45) is 2.63. The lowest BCUT2D eigenvalue weighted by Crippen LogP contribution is -2.34. The van der Waals surface area contributed by atoms with E-state index in [1.54, 1.807) is 6.20 Å². The van der Waals surface area contributed by atoms with Crippen molar-refractivity contribution < 1.29 is 4.79 Å².